The average Bonchev–Trinajstić information content (AvgIpc) is 2.83. The van der Waals surface area contributed by atoms with Gasteiger partial charge in [0.25, 0.3) is 5.91 Å². The lowest BCUT2D eigenvalue weighted by atomic mass is 10.2. The Morgan fingerprint density at radius 3 is 2.67 bits per heavy atom. The van der Waals surface area contributed by atoms with E-state index in [1.165, 1.54) is 6.21 Å². The van der Waals surface area contributed by atoms with Crippen LogP contribution in [0, 0.1) is 0 Å². The molecule has 3 aromatic carbocycles. The summed E-state index contributed by atoms with van der Waals surface area (Å²) in [5.41, 5.74) is 4.66. The highest BCUT2D eigenvalue weighted by Crippen LogP contribution is 2.24. The second-order valence-electron chi connectivity index (χ2n) is 6.98. The fourth-order valence-corrected chi connectivity index (χ4v) is 3.52. The van der Waals surface area contributed by atoms with E-state index in [2.05, 4.69) is 15.5 Å². The lowest BCUT2D eigenvalue weighted by Gasteiger charge is -2.10. The van der Waals surface area contributed by atoms with Crippen molar-refractivity contribution in [1.82, 2.24) is 10.4 Å². The number of nitrogens with zero attached hydrogens (tertiary/aromatic N) is 2. The Labute approximate surface area is 200 Å². The Morgan fingerprint density at radius 2 is 1.79 bits per heavy atom. The van der Waals surface area contributed by atoms with Crippen LogP contribution in [-0.4, -0.2) is 23.7 Å². The number of hydrazone groups is 1. The fraction of sp³-hybridized carbons (Fsp3) is 0.0800. The van der Waals surface area contributed by atoms with Crippen molar-refractivity contribution in [3.05, 3.63) is 100 Å². The zero-order valence-corrected chi connectivity index (χ0v) is 18.9. The number of para-hydroxylation sites is 2. The van der Waals surface area contributed by atoms with Gasteiger partial charge in [0, 0.05) is 32.8 Å². The Bertz CT molecular complexity index is 1310. The number of halogens is 2. The predicted molar refractivity (Wildman–Crippen MR) is 130 cm³/mol. The molecule has 0 unspecified atom stereocenters. The third kappa shape index (κ3) is 6.00. The normalized spacial score (nSPS) is 11.0. The minimum absolute atomic E-state index is 0.194. The summed E-state index contributed by atoms with van der Waals surface area (Å²) in [7, 11) is 0. The topological polar surface area (TPSA) is 72.8 Å². The molecule has 1 N–H and O–H groups in total. The van der Waals surface area contributed by atoms with Gasteiger partial charge >= 0.3 is 0 Å². The van der Waals surface area contributed by atoms with Crippen molar-refractivity contribution >= 4 is 46.2 Å². The van der Waals surface area contributed by atoms with Gasteiger partial charge in [0.15, 0.2) is 6.61 Å². The van der Waals surface area contributed by atoms with Crippen LogP contribution in [0.15, 0.2) is 84.1 Å². The van der Waals surface area contributed by atoms with Gasteiger partial charge in [-0.25, -0.2) is 5.43 Å². The van der Waals surface area contributed by atoms with E-state index in [0.717, 1.165) is 10.9 Å². The van der Waals surface area contributed by atoms with Gasteiger partial charge < -0.3 is 9.47 Å². The molecule has 1 amide bonds. The molecule has 0 aliphatic rings. The first-order valence-corrected chi connectivity index (χ1v) is 10.8. The maximum absolute atomic E-state index is 12.2. The molecule has 4 aromatic rings. The van der Waals surface area contributed by atoms with E-state index < -0.39 is 5.91 Å². The molecular formula is C25H19Cl2N3O3. The summed E-state index contributed by atoms with van der Waals surface area (Å²) in [5, 5.41) is 6.04. The highest BCUT2D eigenvalue weighted by molar-refractivity contribution is 6.35. The van der Waals surface area contributed by atoms with Gasteiger partial charge in [0.2, 0.25) is 0 Å². The maximum atomic E-state index is 12.2. The second-order valence-corrected chi connectivity index (χ2v) is 7.82. The predicted octanol–water partition coefficient (Wildman–Crippen LogP) is 5.65. The first-order valence-electron chi connectivity index (χ1n) is 10.0. The van der Waals surface area contributed by atoms with Gasteiger partial charge in [0.05, 0.1) is 6.21 Å². The van der Waals surface area contributed by atoms with E-state index >= 15 is 0 Å². The van der Waals surface area contributed by atoms with Gasteiger partial charge in [0.1, 0.15) is 23.6 Å². The zero-order chi connectivity index (χ0) is 23.0. The van der Waals surface area contributed by atoms with E-state index in [9.17, 15) is 4.79 Å². The molecule has 1 heterocycles. The summed E-state index contributed by atoms with van der Waals surface area (Å²) in [5.74, 6) is 0.733. The molecule has 0 saturated heterocycles. The highest BCUT2D eigenvalue weighted by Gasteiger charge is 2.07. The van der Waals surface area contributed by atoms with Crippen LogP contribution < -0.4 is 14.9 Å². The molecule has 33 heavy (non-hydrogen) atoms. The minimum Gasteiger partial charge on any atom is -0.488 e. The van der Waals surface area contributed by atoms with Gasteiger partial charge in [-0.15, -0.1) is 0 Å². The van der Waals surface area contributed by atoms with Crippen molar-refractivity contribution in [3.8, 4) is 11.5 Å². The number of amides is 1. The minimum atomic E-state index is -0.398. The van der Waals surface area contributed by atoms with Crippen molar-refractivity contribution in [3.63, 3.8) is 0 Å². The van der Waals surface area contributed by atoms with Crippen LogP contribution in [0.4, 0.5) is 0 Å². The van der Waals surface area contributed by atoms with E-state index in [1.807, 2.05) is 54.6 Å². The molecule has 0 radical (unpaired) electrons. The molecule has 0 aliphatic carbocycles. The van der Waals surface area contributed by atoms with Gasteiger partial charge in [-0.3, -0.25) is 9.78 Å². The molecule has 6 nitrogen and oxygen atoms in total. The Balaban J connectivity index is 1.34. The van der Waals surface area contributed by atoms with Gasteiger partial charge in [-0.1, -0.05) is 59.6 Å². The first kappa shape index (κ1) is 22.6. The molecule has 8 heteroatoms. The largest absolute Gasteiger partial charge is 0.488 e. The number of hydrogen-bond donors (Lipinski definition) is 1. The number of carbonyl (C=O) groups is 1. The number of hydrogen-bond acceptors (Lipinski definition) is 5. The van der Waals surface area contributed by atoms with E-state index in [-0.39, 0.29) is 13.2 Å². The number of carbonyl (C=O) groups excluding carboxylic acids is 1. The Kier molecular flexibility index (Phi) is 7.40. The molecule has 0 bridgehead atoms. The van der Waals surface area contributed by atoms with Crippen LogP contribution in [0.3, 0.4) is 0 Å². The summed E-state index contributed by atoms with van der Waals surface area (Å²) in [6, 6.07) is 21.9. The van der Waals surface area contributed by atoms with Crippen molar-refractivity contribution in [2.45, 2.75) is 6.61 Å². The number of nitrogens with one attached hydrogen (secondary N) is 1. The van der Waals surface area contributed by atoms with Crippen LogP contribution in [0.1, 0.15) is 11.1 Å². The highest BCUT2D eigenvalue weighted by atomic mass is 35.5. The SMILES string of the molecule is O=C(COc1cccc2cccnc12)N/N=C\c1ccccc1OCc1ccc(Cl)cc1Cl. The zero-order valence-electron chi connectivity index (χ0n) is 17.4. The number of pyridine rings is 1. The smallest absolute Gasteiger partial charge is 0.277 e. The van der Waals surface area contributed by atoms with Crippen LogP contribution in [0.25, 0.3) is 10.9 Å². The number of aromatic nitrogens is 1. The molecule has 166 valence electrons. The summed E-state index contributed by atoms with van der Waals surface area (Å²) < 4.78 is 11.5. The molecule has 0 atom stereocenters. The van der Waals surface area contributed by atoms with Crippen LogP contribution in [-0.2, 0) is 11.4 Å². The first-order chi connectivity index (χ1) is 16.1. The molecule has 1 aromatic heterocycles. The monoisotopic (exact) mass is 479 g/mol. The number of rotatable bonds is 8. The second kappa shape index (κ2) is 10.8. The van der Waals surface area contributed by atoms with Crippen LogP contribution in [0.5, 0.6) is 11.5 Å². The Morgan fingerprint density at radius 1 is 0.970 bits per heavy atom. The molecule has 0 fully saturated rings. The lowest BCUT2D eigenvalue weighted by Crippen LogP contribution is -2.24. The standard InChI is InChI=1S/C25H19Cl2N3O3/c26-20-11-10-19(21(27)13-20)15-32-22-8-2-1-5-18(22)14-29-30-24(31)16-33-23-9-3-6-17-7-4-12-28-25(17)23/h1-14H,15-16H2,(H,30,31)/b29-14-. The molecule has 0 saturated carbocycles. The summed E-state index contributed by atoms with van der Waals surface area (Å²) >= 11 is 12.1. The van der Waals surface area contributed by atoms with Crippen LogP contribution >= 0.6 is 23.2 Å². The summed E-state index contributed by atoms with van der Waals surface area (Å²) in [4.78, 5) is 16.5. The molecule has 0 aliphatic heterocycles. The van der Waals surface area contributed by atoms with Gasteiger partial charge in [-0.05, 0) is 36.4 Å². The molecule has 4 rings (SSSR count). The number of fused-ring (bicyclic) bond motifs is 1. The Hall–Kier alpha value is -3.61. The third-order valence-corrected chi connectivity index (χ3v) is 5.25. The van der Waals surface area contributed by atoms with Crippen molar-refractivity contribution < 1.29 is 14.3 Å². The number of benzene rings is 3. The third-order valence-electron chi connectivity index (χ3n) is 4.66. The number of ether oxygens (including phenoxy) is 2. The molecular weight excluding hydrogens is 461 g/mol. The quantitative estimate of drug-likeness (QED) is 0.261. The van der Waals surface area contributed by atoms with Crippen LogP contribution in [0.2, 0.25) is 10.0 Å². The maximum Gasteiger partial charge on any atom is 0.277 e. The lowest BCUT2D eigenvalue weighted by molar-refractivity contribution is -0.123. The van der Waals surface area contributed by atoms with Gasteiger partial charge in [-0.2, -0.15) is 5.10 Å². The van der Waals surface area contributed by atoms with E-state index in [4.69, 9.17) is 32.7 Å². The summed E-state index contributed by atoms with van der Waals surface area (Å²) in [6.45, 7) is 0.0698. The summed E-state index contributed by atoms with van der Waals surface area (Å²) in [6.07, 6.45) is 3.19. The molecule has 0 spiro atoms. The van der Waals surface area contributed by atoms with Crippen molar-refractivity contribution in [2.24, 2.45) is 5.10 Å². The average molecular weight is 480 g/mol. The van der Waals surface area contributed by atoms with E-state index in [1.54, 1.807) is 24.4 Å². The van der Waals surface area contributed by atoms with Crippen molar-refractivity contribution in [2.75, 3.05) is 6.61 Å². The van der Waals surface area contributed by atoms with Crippen molar-refractivity contribution in [1.29, 1.82) is 0 Å². The van der Waals surface area contributed by atoms with E-state index in [0.29, 0.717) is 32.6 Å². The fourth-order valence-electron chi connectivity index (χ4n) is 3.05.